The van der Waals surface area contributed by atoms with Crippen molar-refractivity contribution in [2.45, 2.75) is 26.2 Å². The van der Waals surface area contributed by atoms with Crippen LogP contribution in [-0.4, -0.2) is 28.6 Å². The second-order valence-electron chi connectivity index (χ2n) is 4.63. The summed E-state index contributed by atoms with van der Waals surface area (Å²) in [5, 5.41) is 0. The second kappa shape index (κ2) is 5.82. The molecule has 0 bridgehead atoms. The molecule has 18 heavy (non-hydrogen) atoms. The van der Waals surface area contributed by atoms with Crippen LogP contribution in [0.4, 0.5) is 0 Å². The van der Waals surface area contributed by atoms with Crippen molar-refractivity contribution < 1.29 is 4.74 Å². The minimum atomic E-state index is 0.594. The van der Waals surface area contributed by atoms with Gasteiger partial charge in [-0.05, 0) is 31.4 Å². The van der Waals surface area contributed by atoms with E-state index in [1.54, 1.807) is 7.11 Å². The lowest BCUT2D eigenvalue weighted by atomic mass is 10.0. The third-order valence-corrected chi connectivity index (χ3v) is 3.11. The number of pyridine rings is 1. The number of ether oxygens (including phenoxy) is 1. The predicted octanol–water partition coefficient (Wildman–Crippen LogP) is 1.88. The molecule has 1 unspecified atom stereocenters. The predicted molar refractivity (Wildman–Crippen MR) is 71.6 cm³/mol. The Kier molecular flexibility index (Phi) is 4.15. The quantitative estimate of drug-likeness (QED) is 0.818. The van der Waals surface area contributed by atoms with E-state index in [0.717, 1.165) is 42.8 Å². The van der Waals surface area contributed by atoms with Crippen molar-refractivity contribution in [2.75, 3.05) is 13.7 Å². The first-order valence-corrected chi connectivity index (χ1v) is 6.32. The maximum atomic E-state index is 5.54. The fourth-order valence-corrected chi connectivity index (χ4v) is 1.97. The van der Waals surface area contributed by atoms with Crippen LogP contribution < -0.4 is 10.5 Å². The summed E-state index contributed by atoms with van der Waals surface area (Å²) >= 11 is 0. The third kappa shape index (κ3) is 2.98. The largest absolute Gasteiger partial charge is 0.481 e. The van der Waals surface area contributed by atoms with Crippen molar-refractivity contribution >= 4 is 11.2 Å². The first-order valence-electron chi connectivity index (χ1n) is 6.32. The molecule has 5 heteroatoms. The van der Waals surface area contributed by atoms with Crippen molar-refractivity contribution in [3.8, 4) is 5.88 Å². The molecule has 98 valence electrons. The van der Waals surface area contributed by atoms with Crippen LogP contribution in [0.15, 0.2) is 12.1 Å². The van der Waals surface area contributed by atoms with Crippen LogP contribution in [-0.2, 0) is 6.42 Å². The number of H-pyrrole nitrogens is 1. The van der Waals surface area contributed by atoms with Crippen molar-refractivity contribution in [3.05, 3.63) is 18.0 Å². The number of hydrogen-bond acceptors (Lipinski definition) is 4. The summed E-state index contributed by atoms with van der Waals surface area (Å²) in [6, 6.07) is 3.78. The van der Waals surface area contributed by atoms with E-state index in [0.29, 0.717) is 11.8 Å². The first kappa shape index (κ1) is 12.8. The Hall–Kier alpha value is -1.62. The van der Waals surface area contributed by atoms with E-state index in [2.05, 4.69) is 21.9 Å². The monoisotopic (exact) mass is 248 g/mol. The zero-order chi connectivity index (χ0) is 13.0. The molecule has 0 amide bonds. The molecule has 0 radical (unpaired) electrons. The molecule has 0 aliphatic heterocycles. The molecule has 2 aromatic heterocycles. The van der Waals surface area contributed by atoms with Crippen molar-refractivity contribution in [1.82, 2.24) is 15.0 Å². The van der Waals surface area contributed by atoms with Crippen LogP contribution in [0.25, 0.3) is 11.2 Å². The highest BCUT2D eigenvalue weighted by atomic mass is 16.5. The summed E-state index contributed by atoms with van der Waals surface area (Å²) in [4.78, 5) is 12.1. The molecule has 0 fully saturated rings. The molecule has 3 N–H and O–H groups in total. The van der Waals surface area contributed by atoms with E-state index < -0.39 is 0 Å². The maximum Gasteiger partial charge on any atom is 0.215 e. The van der Waals surface area contributed by atoms with Gasteiger partial charge in [0.15, 0.2) is 5.65 Å². The molecule has 2 aromatic rings. The molecule has 0 aliphatic rings. The number of rotatable bonds is 6. The summed E-state index contributed by atoms with van der Waals surface area (Å²) in [5.74, 6) is 2.21. The smallest absolute Gasteiger partial charge is 0.215 e. The number of aromatic amines is 1. The number of nitrogens with zero attached hydrogens (tertiary/aromatic N) is 2. The number of nitrogens with one attached hydrogen (secondary N) is 1. The van der Waals surface area contributed by atoms with Gasteiger partial charge in [0.25, 0.3) is 0 Å². The van der Waals surface area contributed by atoms with E-state index in [9.17, 15) is 0 Å². The first-order chi connectivity index (χ1) is 8.72. The molecule has 5 nitrogen and oxygen atoms in total. The van der Waals surface area contributed by atoms with E-state index >= 15 is 0 Å². The van der Waals surface area contributed by atoms with Gasteiger partial charge < -0.3 is 15.5 Å². The highest BCUT2D eigenvalue weighted by molar-refractivity contribution is 5.71. The van der Waals surface area contributed by atoms with E-state index in [4.69, 9.17) is 10.5 Å². The van der Waals surface area contributed by atoms with Crippen LogP contribution in [0.5, 0.6) is 5.88 Å². The average Bonchev–Trinajstić information content (AvgIpc) is 2.78. The van der Waals surface area contributed by atoms with Crippen molar-refractivity contribution in [2.24, 2.45) is 11.7 Å². The summed E-state index contributed by atoms with van der Waals surface area (Å²) in [6.45, 7) is 2.97. The van der Waals surface area contributed by atoms with Gasteiger partial charge >= 0.3 is 0 Å². The van der Waals surface area contributed by atoms with E-state index in [1.807, 2.05) is 12.1 Å². The van der Waals surface area contributed by atoms with Gasteiger partial charge in [-0.1, -0.05) is 6.92 Å². The van der Waals surface area contributed by atoms with Crippen molar-refractivity contribution in [3.63, 3.8) is 0 Å². The number of fused-ring (bicyclic) bond motifs is 1. The van der Waals surface area contributed by atoms with Gasteiger partial charge in [-0.25, -0.2) is 4.98 Å². The summed E-state index contributed by atoms with van der Waals surface area (Å²) < 4.78 is 5.08. The van der Waals surface area contributed by atoms with Gasteiger partial charge in [-0.3, -0.25) is 0 Å². The van der Waals surface area contributed by atoms with Gasteiger partial charge in [-0.15, -0.1) is 0 Å². The Labute approximate surface area is 107 Å². The highest BCUT2D eigenvalue weighted by Gasteiger charge is 2.07. The molecule has 2 rings (SSSR count). The molecule has 1 atom stereocenters. The van der Waals surface area contributed by atoms with Crippen LogP contribution in [0.3, 0.4) is 0 Å². The lowest BCUT2D eigenvalue weighted by molar-refractivity contribution is 0.399. The fourth-order valence-electron chi connectivity index (χ4n) is 1.97. The van der Waals surface area contributed by atoms with Gasteiger partial charge in [0, 0.05) is 12.5 Å². The Balaban J connectivity index is 2.05. The standard InChI is InChI=1S/C13H20N4O/c1-9(7-8-14)3-5-11-15-10-4-6-12(18-2)17-13(10)16-11/h4,6,9H,3,5,7-8,14H2,1-2H3,(H,15,16,17). The van der Waals surface area contributed by atoms with Crippen molar-refractivity contribution in [1.29, 1.82) is 0 Å². The zero-order valence-corrected chi connectivity index (χ0v) is 10.9. The SMILES string of the molecule is COc1ccc2[nH]c(CCC(C)CCN)nc2n1. The van der Waals surface area contributed by atoms with E-state index in [-0.39, 0.29) is 0 Å². The molecule has 0 aromatic carbocycles. The average molecular weight is 248 g/mol. The fraction of sp³-hybridized carbons (Fsp3) is 0.538. The molecular weight excluding hydrogens is 228 g/mol. The second-order valence-corrected chi connectivity index (χ2v) is 4.63. The van der Waals surface area contributed by atoms with Crippen LogP contribution >= 0.6 is 0 Å². The lowest BCUT2D eigenvalue weighted by Crippen LogP contribution is -2.06. The Morgan fingerprint density at radius 3 is 2.89 bits per heavy atom. The number of aromatic nitrogens is 3. The highest BCUT2D eigenvalue weighted by Crippen LogP contribution is 2.16. The Morgan fingerprint density at radius 1 is 1.33 bits per heavy atom. The van der Waals surface area contributed by atoms with Gasteiger partial charge in [0.05, 0.1) is 12.6 Å². The number of nitrogens with two attached hydrogens (primary N) is 1. The topological polar surface area (TPSA) is 76.8 Å². The van der Waals surface area contributed by atoms with Gasteiger partial charge in [0.1, 0.15) is 5.82 Å². The van der Waals surface area contributed by atoms with Gasteiger partial charge in [-0.2, -0.15) is 4.98 Å². The van der Waals surface area contributed by atoms with Gasteiger partial charge in [0.2, 0.25) is 5.88 Å². The number of imidazole rings is 1. The zero-order valence-electron chi connectivity index (χ0n) is 10.9. The molecular formula is C13H20N4O. The minimum Gasteiger partial charge on any atom is -0.481 e. The number of methoxy groups -OCH3 is 1. The molecule has 0 saturated heterocycles. The van der Waals surface area contributed by atoms with Crippen LogP contribution in [0.1, 0.15) is 25.6 Å². The molecule has 2 heterocycles. The van der Waals surface area contributed by atoms with E-state index in [1.165, 1.54) is 0 Å². The summed E-state index contributed by atoms with van der Waals surface area (Å²) in [7, 11) is 1.61. The van der Waals surface area contributed by atoms with Crippen LogP contribution in [0.2, 0.25) is 0 Å². The third-order valence-electron chi connectivity index (χ3n) is 3.11. The molecule has 0 spiro atoms. The Bertz CT molecular complexity index is 509. The number of hydrogen-bond donors (Lipinski definition) is 2. The minimum absolute atomic E-state index is 0.594. The summed E-state index contributed by atoms with van der Waals surface area (Å²) in [6.07, 6.45) is 3.08. The number of aryl methyl sites for hydroxylation is 1. The molecule has 0 aliphatic carbocycles. The lowest BCUT2D eigenvalue weighted by Gasteiger charge is -2.07. The maximum absolute atomic E-state index is 5.54. The molecule has 0 saturated carbocycles. The summed E-state index contributed by atoms with van der Waals surface area (Å²) in [5.41, 5.74) is 7.22. The Morgan fingerprint density at radius 2 is 2.17 bits per heavy atom. The van der Waals surface area contributed by atoms with Crippen LogP contribution in [0, 0.1) is 5.92 Å². The normalized spacial score (nSPS) is 12.8.